The van der Waals surface area contributed by atoms with Crippen LogP contribution >= 0.6 is 23.2 Å². The first-order chi connectivity index (χ1) is 11.3. The van der Waals surface area contributed by atoms with Gasteiger partial charge in [-0.1, -0.05) is 23.2 Å². The number of hydrogen-bond acceptors (Lipinski definition) is 4. The number of aromatic nitrogens is 1. The summed E-state index contributed by atoms with van der Waals surface area (Å²) in [5, 5.41) is 6.98. The van der Waals surface area contributed by atoms with Crippen molar-refractivity contribution in [1.29, 1.82) is 0 Å². The molecule has 2 atom stereocenters. The smallest absolute Gasteiger partial charge is 0.266 e. The third-order valence-corrected chi connectivity index (χ3v) is 4.78. The van der Waals surface area contributed by atoms with Crippen LogP contribution in [0.5, 0.6) is 0 Å². The second-order valence-corrected chi connectivity index (χ2v) is 7.17. The van der Waals surface area contributed by atoms with Crippen LogP contribution < -0.4 is 10.7 Å². The Kier molecular flexibility index (Phi) is 4.97. The number of halogens is 2. The second kappa shape index (κ2) is 6.84. The van der Waals surface area contributed by atoms with Crippen LogP contribution in [0.15, 0.2) is 18.2 Å². The number of benzene rings is 1. The molecule has 1 aliphatic rings. The van der Waals surface area contributed by atoms with Gasteiger partial charge in [0.2, 0.25) is 0 Å². The minimum Gasteiger partial charge on any atom is -0.309 e. The number of pyridine rings is 1. The first-order valence-corrected chi connectivity index (χ1v) is 8.68. The Morgan fingerprint density at radius 2 is 1.96 bits per heavy atom. The summed E-state index contributed by atoms with van der Waals surface area (Å²) < 4.78 is 0. The highest BCUT2D eigenvalue weighted by Crippen LogP contribution is 2.28. The third kappa shape index (κ3) is 3.49. The lowest BCUT2D eigenvalue weighted by atomic mass is 10.0. The lowest BCUT2D eigenvalue weighted by Crippen LogP contribution is -2.59. The Balaban J connectivity index is 1.97. The highest BCUT2D eigenvalue weighted by Gasteiger charge is 2.24. The van der Waals surface area contributed by atoms with Gasteiger partial charge in [-0.2, -0.15) is 0 Å². The Hall–Kier alpha value is -1.40. The van der Waals surface area contributed by atoms with Crippen molar-refractivity contribution in [1.82, 2.24) is 20.7 Å². The van der Waals surface area contributed by atoms with E-state index in [1.54, 1.807) is 25.1 Å². The van der Waals surface area contributed by atoms with Crippen molar-refractivity contribution in [2.24, 2.45) is 0 Å². The van der Waals surface area contributed by atoms with Gasteiger partial charge in [0, 0.05) is 35.6 Å². The summed E-state index contributed by atoms with van der Waals surface area (Å²) in [6.45, 7) is 7.48. The van der Waals surface area contributed by atoms with Crippen molar-refractivity contribution in [2.45, 2.75) is 32.9 Å². The summed E-state index contributed by atoms with van der Waals surface area (Å²) >= 11 is 12.3. The largest absolute Gasteiger partial charge is 0.309 e. The van der Waals surface area contributed by atoms with Gasteiger partial charge in [-0.15, -0.1) is 0 Å². The van der Waals surface area contributed by atoms with Crippen molar-refractivity contribution in [2.75, 3.05) is 13.1 Å². The molecule has 0 bridgehead atoms. The predicted octanol–water partition coefficient (Wildman–Crippen LogP) is 3.18. The molecule has 0 aliphatic carbocycles. The molecular formula is C17H20Cl2N4O. The van der Waals surface area contributed by atoms with Gasteiger partial charge in [-0.3, -0.25) is 10.2 Å². The fourth-order valence-corrected chi connectivity index (χ4v) is 3.57. The summed E-state index contributed by atoms with van der Waals surface area (Å²) in [5.41, 5.74) is 4.83. The van der Waals surface area contributed by atoms with Gasteiger partial charge in [0.25, 0.3) is 5.91 Å². The van der Waals surface area contributed by atoms with Crippen molar-refractivity contribution >= 4 is 40.0 Å². The van der Waals surface area contributed by atoms with Crippen LogP contribution in [0, 0.1) is 6.92 Å². The number of carbonyl (C=O) groups is 1. The summed E-state index contributed by atoms with van der Waals surface area (Å²) in [5.74, 6) is -0.189. The van der Waals surface area contributed by atoms with E-state index in [2.05, 4.69) is 29.6 Å². The second-order valence-electron chi connectivity index (χ2n) is 6.38. The van der Waals surface area contributed by atoms with Crippen LogP contribution in [0.4, 0.5) is 0 Å². The standard InChI is InChI=1S/C17H20Cl2N4O/c1-9-7-23(8-10(2)20-9)22-17(24)15-11(3)16(19)21-14-5-4-12(18)6-13(14)15/h4-6,9-10,20H,7-8H2,1-3H3,(H,22,24)/t9-,10+. The van der Waals surface area contributed by atoms with Crippen molar-refractivity contribution < 1.29 is 4.79 Å². The van der Waals surface area contributed by atoms with E-state index in [0.29, 0.717) is 44.3 Å². The quantitative estimate of drug-likeness (QED) is 0.801. The van der Waals surface area contributed by atoms with E-state index in [4.69, 9.17) is 23.2 Å². The molecule has 0 saturated carbocycles. The molecule has 1 fully saturated rings. The van der Waals surface area contributed by atoms with E-state index >= 15 is 0 Å². The summed E-state index contributed by atoms with van der Waals surface area (Å²) in [6, 6.07) is 5.88. The van der Waals surface area contributed by atoms with Gasteiger partial charge < -0.3 is 5.32 Å². The van der Waals surface area contributed by atoms with Crippen molar-refractivity contribution in [3.05, 3.63) is 39.5 Å². The Morgan fingerprint density at radius 3 is 2.62 bits per heavy atom. The van der Waals surface area contributed by atoms with Gasteiger partial charge in [-0.25, -0.2) is 9.99 Å². The van der Waals surface area contributed by atoms with E-state index in [1.807, 2.05) is 5.01 Å². The zero-order valence-corrected chi connectivity index (χ0v) is 15.4. The molecule has 1 aromatic carbocycles. The molecule has 24 heavy (non-hydrogen) atoms. The van der Waals surface area contributed by atoms with Crippen molar-refractivity contribution in [3.8, 4) is 0 Å². The lowest BCUT2D eigenvalue weighted by Gasteiger charge is -2.36. The molecule has 128 valence electrons. The molecule has 3 rings (SSSR count). The fourth-order valence-electron chi connectivity index (χ4n) is 3.21. The maximum atomic E-state index is 12.9. The minimum atomic E-state index is -0.189. The lowest BCUT2D eigenvalue weighted by molar-refractivity contribution is 0.0683. The van der Waals surface area contributed by atoms with Crippen LogP contribution in [0.2, 0.25) is 10.2 Å². The van der Waals surface area contributed by atoms with Gasteiger partial charge in [0.1, 0.15) is 5.15 Å². The average molecular weight is 367 g/mol. The predicted molar refractivity (Wildman–Crippen MR) is 97.6 cm³/mol. The number of nitrogens with zero attached hydrogens (tertiary/aromatic N) is 2. The number of hydrazine groups is 1. The SMILES string of the molecule is Cc1c(Cl)nc2ccc(Cl)cc2c1C(=O)NN1C[C@@H](C)N[C@@H](C)C1. The molecule has 1 amide bonds. The van der Waals surface area contributed by atoms with E-state index in [1.165, 1.54) is 0 Å². The first kappa shape index (κ1) is 17.4. The minimum absolute atomic E-state index is 0.189. The number of piperazine rings is 1. The molecule has 1 saturated heterocycles. The monoisotopic (exact) mass is 366 g/mol. The maximum Gasteiger partial charge on any atom is 0.266 e. The molecular weight excluding hydrogens is 347 g/mol. The molecule has 1 aromatic heterocycles. The van der Waals surface area contributed by atoms with Crippen molar-refractivity contribution in [3.63, 3.8) is 0 Å². The number of carbonyl (C=O) groups excluding carboxylic acids is 1. The van der Waals surface area contributed by atoms with Crippen LogP contribution in [-0.4, -0.2) is 41.1 Å². The highest BCUT2D eigenvalue weighted by atomic mass is 35.5. The summed E-state index contributed by atoms with van der Waals surface area (Å²) in [6.07, 6.45) is 0. The Bertz CT molecular complexity index is 786. The maximum absolute atomic E-state index is 12.9. The Labute approximate surface area is 151 Å². The summed E-state index contributed by atoms with van der Waals surface area (Å²) in [4.78, 5) is 17.3. The zero-order valence-electron chi connectivity index (χ0n) is 13.9. The highest BCUT2D eigenvalue weighted by molar-refractivity contribution is 6.33. The van der Waals surface area contributed by atoms with Gasteiger partial charge in [-0.05, 0) is 44.5 Å². The van der Waals surface area contributed by atoms with Gasteiger partial charge >= 0.3 is 0 Å². The van der Waals surface area contributed by atoms with E-state index in [-0.39, 0.29) is 5.91 Å². The number of amides is 1. The number of fused-ring (bicyclic) bond motifs is 1. The zero-order chi connectivity index (χ0) is 17.4. The first-order valence-electron chi connectivity index (χ1n) is 7.92. The molecule has 2 heterocycles. The Morgan fingerprint density at radius 1 is 1.29 bits per heavy atom. The average Bonchev–Trinajstić information content (AvgIpc) is 2.47. The van der Waals surface area contributed by atoms with E-state index in [0.717, 1.165) is 13.1 Å². The van der Waals surface area contributed by atoms with Crippen LogP contribution in [-0.2, 0) is 0 Å². The molecule has 0 unspecified atom stereocenters. The molecule has 0 radical (unpaired) electrons. The van der Waals surface area contributed by atoms with Crippen LogP contribution in [0.1, 0.15) is 29.8 Å². The van der Waals surface area contributed by atoms with Crippen LogP contribution in [0.3, 0.4) is 0 Å². The molecule has 2 aromatic rings. The molecule has 7 heteroatoms. The number of nitrogens with one attached hydrogen (secondary N) is 2. The van der Waals surface area contributed by atoms with Gasteiger partial charge in [0.15, 0.2) is 0 Å². The third-order valence-electron chi connectivity index (χ3n) is 4.18. The number of hydrogen-bond donors (Lipinski definition) is 2. The topological polar surface area (TPSA) is 57.3 Å². The van der Waals surface area contributed by atoms with Crippen LogP contribution in [0.25, 0.3) is 10.9 Å². The fraction of sp³-hybridized carbons (Fsp3) is 0.412. The van der Waals surface area contributed by atoms with Gasteiger partial charge in [0.05, 0.1) is 11.1 Å². The molecule has 2 N–H and O–H groups in total. The summed E-state index contributed by atoms with van der Waals surface area (Å²) in [7, 11) is 0. The number of rotatable bonds is 2. The molecule has 5 nitrogen and oxygen atoms in total. The normalized spacial score (nSPS) is 21.9. The molecule has 0 spiro atoms. The van der Waals surface area contributed by atoms with E-state index < -0.39 is 0 Å². The van der Waals surface area contributed by atoms with E-state index in [9.17, 15) is 4.79 Å². The molecule has 1 aliphatic heterocycles.